The molecule has 8 nitrogen and oxygen atoms in total. The lowest BCUT2D eigenvalue weighted by molar-refractivity contribution is -0.141. The van der Waals surface area contributed by atoms with E-state index in [9.17, 15) is 24.3 Å². The zero-order valence-electron chi connectivity index (χ0n) is 21.1. The number of thiophene rings is 1. The molecular formula is C27H22Br2Cl2N2O6S. The van der Waals surface area contributed by atoms with Crippen molar-refractivity contribution in [1.82, 2.24) is 9.80 Å². The van der Waals surface area contributed by atoms with E-state index < -0.39 is 45.2 Å². The highest BCUT2D eigenvalue weighted by molar-refractivity contribution is 9.13. The first-order valence-electron chi connectivity index (χ1n) is 12.4. The molecule has 4 amide bonds. The molecule has 2 saturated heterocycles. The number of alkyl halides is 2. The van der Waals surface area contributed by atoms with Crippen LogP contribution in [0.25, 0.3) is 0 Å². The first-order valence-corrected chi connectivity index (χ1v) is 15.6. The summed E-state index contributed by atoms with van der Waals surface area (Å²) in [4.78, 5) is 54.0. The van der Waals surface area contributed by atoms with Gasteiger partial charge >= 0.3 is 0 Å². The van der Waals surface area contributed by atoms with E-state index in [-0.39, 0.29) is 47.2 Å². The Hall–Kier alpha value is -1.92. The molecule has 2 aliphatic carbocycles. The third kappa shape index (κ3) is 3.53. The number of imide groups is 2. The first kappa shape index (κ1) is 28.2. The Morgan fingerprint density at radius 1 is 1.12 bits per heavy atom. The van der Waals surface area contributed by atoms with Crippen LogP contribution in [0.3, 0.4) is 0 Å². The van der Waals surface area contributed by atoms with Gasteiger partial charge in [-0.2, -0.15) is 0 Å². The SMILES string of the molecule is COc1cc(C2C3=CCC4C(=O)N(Cc5cccs5)C(=O)C4C3CC3(Cl)C(=O)N(C)C(=O)C23Cl)c(Br)c(Br)c1O. The Morgan fingerprint density at radius 3 is 2.50 bits per heavy atom. The number of rotatable bonds is 4. The maximum absolute atomic E-state index is 13.9. The van der Waals surface area contributed by atoms with Crippen molar-refractivity contribution in [2.75, 3.05) is 14.2 Å². The number of halogens is 4. The standard InChI is InChI=1S/C27H22Br2Cl2N2O6S/c1-32-24(37)26(30)9-15-12(5-6-13-17(15)23(36)33(22(13)35)10-11-4-3-7-40-11)18(27(26,31)25(32)38)14-8-16(39-2)21(34)20(29)19(14)28/h3-5,7-8,13,15,17-18,34H,6,9-10H2,1-2H3. The van der Waals surface area contributed by atoms with E-state index in [4.69, 9.17) is 27.9 Å². The minimum atomic E-state index is -1.94. The number of methoxy groups -OCH3 is 1. The van der Waals surface area contributed by atoms with Crippen molar-refractivity contribution >= 4 is 90.0 Å². The summed E-state index contributed by atoms with van der Waals surface area (Å²) < 4.78 is 6.04. The second-order valence-electron chi connectivity index (χ2n) is 10.5. The lowest BCUT2D eigenvalue weighted by Gasteiger charge is -2.51. The van der Waals surface area contributed by atoms with Crippen LogP contribution in [0, 0.1) is 17.8 Å². The summed E-state index contributed by atoms with van der Waals surface area (Å²) in [5.74, 6) is -4.96. The molecule has 40 heavy (non-hydrogen) atoms. The van der Waals surface area contributed by atoms with Gasteiger partial charge in [0.2, 0.25) is 11.8 Å². The lowest BCUT2D eigenvalue weighted by atomic mass is 9.56. The lowest BCUT2D eigenvalue weighted by Crippen LogP contribution is -2.60. The van der Waals surface area contributed by atoms with Gasteiger partial charge in [0, 0.05) is 22.3 Å². The van der Waals surface area contributed by atoms with Gasteiger partial charge in [0.15, 0.2) is 21.2 Å². The predicted octanol–water partition coefficient (Wildman–Crippen LogP) is 5.18. The van der Waals surface area contributed by atoms with Gasteiger partial charge in [0.05, 0.1) is 30.0 Å². The van der Waals surface area contributed by atoms with Crippen LogP contribution < -0.4 is 4.74 Å². The summed E-state index contributed by atoms with van der Waals surface area (Å²) in [6.45, 7) is 0.174. The second-order valence-corrected chi connectivity index (χ2v) is 14.3. The molecule has 6 rings (SSSR count). The highest BCUT2D eigenvalue weighted by atomic mass is 79.9. The Bertz CT molecular complexity index is 1530. The summed E-state index contributed by atoms with van der Waals surface area (Å²) in [6.07, 6.45) is 2.05. The van der Waals surface area contributed by atoms with Gasteiger partial charge in [-0.15, -0.1) is 34.5 Å². The number of carbonyl (C=O) groups is 4. The number of nitrogens with zero attached hydrogens (tertiary/aromatic N) is 2. The molecule has 0 spiro atoms. The van der Waals surface area contributed by atoms with E-state index in [2.05, 4.69) is 31.9 Å². The number of carbonyl (C=O) groups excluding carboxylic acids is 4. The average molecular weight is 733 g/mol. The van der Waals surface area contributed by atoms with E-state index in [0.29, 0.717) is 15.6 Å². The maximum atomic E-state index is 13.9. The molecule has 4 aliphatic rings. The number of fused-ring (bicyclic) bond motifs is 4. The van der Waals surface area contributed by atoms with Crippen LogP contribution in [-0.4, -0.2) is 62.4 Å². The van der Waals surface area contributed by atoms with Crippen LogP contribution in [0.1, 0.15) is 29.2 Å². The van der Waals surface area contributed by atoms with E-state index in [0.717, 1.165) is 9.78 Å². The maximum Gasteiger partial charge on any atom is 0.253 e. The number of hydrogen-bond donors (Lipinski definition) is 1. The molecule has 1 saturated carbocycles. The number of likely N-dealkylation sites (tertiary alicyclic amines) is 2. The molecule has 6 unspecified atom stereocenters. The Morgan fingerprint density at radius 2 is 1.85 bits per heavy atom. The van der Waals surface area contributed by atoms with E-state index in [1.54, 1.807) is 6.07 Å². The summed E-state index contributed by atoms with van der Waals surface area (Å²) in [7, 11) is 2.73. The monoisotopic (exact) mass is 730 g/mol. The number of phenols is 1. The highest BCUT2D eigenvalue weighted by Gasteiger charge is 2.76. The number of amides is 4. The van der Waals surface area contributed by atoms with Crippen molar-refractivity contribution in [3.8, 4) is 11.5 Å². The van der Waals surface area contributed by atoms with Crippen molar-refractivity contribution < 1.29 is 29.0 Å². The molecule has 0 radical (unpaired) electrons. The van der Waals surface area contributed by atoms with Gasteiger partial charge < -0.3 is 9.84 Å². The van der Waals surface area contributed by atoms with Crippen LogP contribution in [0.4, 0.5) is 0 Å². The van der Waals surface area contributed by atoms with Gasteiger partial charge in [0.25, 0.3) is 11.8 Å². The van der Waals surface area contributed by atoms with Gasteiger partial charge in [-0.05, 0) is 73.7 Å². The highest BCUT2D eigenvalue weighted by Crippen LogP contribution is 2.66. The van der Waals surface area contributed by atoms with Gasteiger partial charge in [-0.1, -0.05) is 17.7 Å². The van der Waals surface area contributed by atoms with Crippen LogP contribution >= 0.6 is 66.4 Å². The van der Waals surface area contributed by atoms with Gasteiger partial charge in [-0.25, -0.2) is 0 Å². The quantitative estimate of drug-likeness (QED) is 0.264. The zero-order valence-corrected chi connectivity index (χ0v) is 26.6. The van der Waals surface area contributed by atoms with Crippen LogP contribution in [0.2, 0.25) is 0 Å². The number of phenolic OH excluding ortho intramolecular Hbond substituents is 1. The Balaban J connectivity index is 1.54. The van der Waals surface area contributed by atoms with Crippen LogP contribution in [-0.2, 0) is 25.7 Å². The van der Waals surface area contributed by atoms with E-state index in [1.165, 1.54) is 30.4 Å². The van der Waals surface area contributed by atoms with Crippen LogP contribution in [0.5, 0.6) is 11.5 Å². The van der Waals surface area contributed by atoms with Gasteiger partial charge in [0.1, 0.15) is 0 Å². The molecule has 6 atom stereocenters. The summed E-state index contributed by atoms with van der Waals surface area (Å²) in [5, 5.41) is 12.5. The molecular weight excluding hydrogens is 711 g/mol. The predicted molar refractivity (Wildman–Crippen MR) is 155 cm³/mol. The summed E-state index contributed by atoms with van der Waals surface area (Å²) in [5.41, 5.74) is 1.10. The molecule has 2 aliphatic heterocycles. The van der Waals surface area contributed by atoms with Crippen molar-refractivity contribution in [1.29, 1.82) is 0 Å². The number of allylic oxidation sites excluding steroid dienone is 2. The zero-order chi connectivity index (χ0) is 28.9. The second kappa shape index (κ2) is 9.55. The molecule has 2 aromatic rings. The third-order valence-corrected chi connectivity index (χ3v) is 13.1. The van der Waals surface area contributed by atoms with Crippen LogP contribution in [0.15, 0.2) is 44.2 Å². The van der Waals surface area contributed by atoms with E-state index >= 15 is 0 Å². The van der Waals surface area contributed by atoms with Crippen molar-refractivity contribution in [3.05, 3.63) is 54.6 Å². The fourth-order valence-electron chi connectivity index (χ4n) is 6.85. The molecule has 1 aromatic carbocycles. The molecule has 1 N–H and O–H groups in total. The number of aromatic hydroxyl groups is 1. The summed E-state index contributed by atoms with van der Waals surface area (Å²) in [6, 6.07) is 5.28. The molecule has 210 valence electrons. The van der Waals surface area contributed by atoms with Crippen molar-refractivity contribution in [3.63, 3.8) is 0 Å². The number of ether oxygens (including phenoxy) is 1. The van der Waals surface area contributed by atoms with Crippen molar-refractivity contribution in [2.24, 2.45) is 17.8 Å². The molecule has 3 heterocycles. The molecule has 1 aromatic heterocycles. The van der Waals surface area contributed by atoms with Gasteiger partial charge in [-0.3, -0.25) is 29.0 Å². The molecule has 13 heteroatoms. The van der Waals surface area contributed by atoms with E-state index in [1.807, 2.05) is 23.6 Å². The largest absolute Gasteiger partial charge is 0.503 e. The first-order chi connectivity index (χ1) is 18.9. The fraction of sp³-hybridized carbons (Fsp3) is 0.407. The topological polar surface area (TPSA) is 104 Å². The number of benzene rings is 1. The molecule has 0 bridgehead atoms. The Labute approximate surface area is 260 Å². The minimum absolute atomic E-state index is 0.0870. The Kier molecular flexibility index (Phi) is 6.74. The normalized spacial score (nSPS) is 33.2. The molecule has 3 fully saturated rings. The summed E-state index contributed by atoms with van der Waals surface area (Å²) >= 11 is 22.8. The minimum Gasteiger partial charge on any atom is -0.503 e. The fourth-order valence-corrected chi connectivity index (χ4v) is 9.51. The average Bonchev–Trinajstić information content (AvgIpc) is 3.57. The number of hydrogen-bond acceptors (Lipinski definition) is 7. The third-order valence-electron chi connectivity index (χ3n) is 8.70. The van der Waals surface area contributed by atoms with Crippen molar-refractivity contribution in [2.45, 2.75) is 35.1 Å². The smallest absolute Gasteiger partial charge is 0.253 e.